The minimum absolute atomic E-state index is 0.128. The van der Waals surface area contributed by atoms with Crippen molar-refractivity contribution >= 4 is 17.9 Å². The molecule has 0 aromatic carbocycles. The zero-order chi connectivity index (χ0) is 15.8. The number of likely N-dealkylation sites (tertiary alicyclic amines) is 1. The Bertz CT molecular complexity index is 386. The number of nitrogens with one attached hydrogen (secondary N) is 2. The van der Waals surface area contributed by atoms with Crippen molar-refractivity contribution in [3.8, 4) is 0 Å². The van der Waals surface area contributed by atoms with Crippen LogP contribution in [0.25, 0.3) is 0 Å². The largest absolute Gasteiger partial charge is 0.480 e. The monoisotopic (exact) mass is 299 g/mol. The Morgan fingerprint density at radius 1 is 1.24 bits per heavy atom. The molecular weight excluding hydrogens is 274 g/mol. The Morgan fingerprint density at radius 3 is 2.52 bits per heavy atom. The number of nitrogens with zero attached hydrogens (tertiary/aromatic N) is 1. The molecule has 21 heavy (non-hydrogen) atoms. The summed E-state index contributed by atoms with van der Waals surface area (Å²) in [5.41, 5.74) is 0. The van der Waals surface area contributed by atoms with Crippen molar-refractivity contribution in [2.45, 2.75) is 45.6 Å². The molecule has 1 fully saturated rings. The van der Waals surface area contributed by atoms with Crippen LogP contribution in [0.1, 0.15) is 39.5 Å². The van der Waals surface area contributed by atoms with E-state index in [0.29, 0.717) is 25.4 Å². The predicted octanol–water partition coefficient (Wildman–Crippen LogP) is 0.797. The van der Waals surface area contributed by atoms with E-state index in [0.717, 1.165) is 12.8 Å². The molecule has 0 bridgehead atoms. The highest BCUT2D eigenvalue weighted by molar-refractivity contribution is 5.83. The first kappa shape index (κ1) is 17.3. The first-order chi connectivity index (χ1) is 9.99. The molecule has 7 nitrogen and oxygen atoms in total. The molecule has 0 aromatic heterocycles. The van der Waals surface area contributed by atoms with E-state index in [1.54, 1.807) is 0 Å². The Hall–Kier alpha value is -1.79. The van der Waals surface area contributed by atoms with E-state index in [1.165, 1.54) is 4.90 Å². The fourth-order valence-electron chi connectivity index (χ4n) is 2.56. The lowest BCUT2D eigenvalue weighted by Gasteiger charge is -2.36. The zero-order valence-corrected chi connectivity index (χ0v) is 12.7. The highest BCUT2D eigenvalue weighted by atomic mass is 16.4. The quantitative estimate of drug-likeness (QED) is 0.675. The van der Waals surface area contributed by atoms with Gasteiger partial charge < -0.3 is 20.6 Å². The average molecular weight is 299 g/mol. The second-order valence-electron chi connectivity index (χ2n) is 5.28. The summed E-state index contributed by atoms with van der Waals surface area (Å²) in [7, 11) is 0. The van der Waals surface area contributed by atoms with Crippen LogP contribution >= 0.6 is 0 Å². The van der Waals surface area contributed by atoms with Crippen LogP contribution in [0, 0.1) is 5.92 Å². The van der Waals surface area contributed by atoms with Gasteiger partial charge in [0.25, 0.3) is 0 Å². The summed E-state index contributed by atoms with van der Waals surface area (Å²) in [5.74, 6) is -0.741. The van der Waals surface area contributed by atoms with Gasteiger partial charge in [0.05, 0.1) is 0 Å². The van der Waals surface area contributed by atoms with Gasteiger partial charge in [-0.2, -0.15) is 0 Å². The van der Waals surface area contributed by atoms with Gasteiger partial charge in [-0.15, -0.1) is 0 Å². The van der Waals surface area contributed by atoms with E-state index in [2.05, 4.69) is 10.6 Å². The molecule has 1 heterocycles. The van der Waals surface area contributed by atoms with Crippen LogP contribution < -0.4 is 10.6 Å². The maximum absolute atomic E-state index is 12.1. The van der Waals surface area contributed by atoms with Gasteiger partial charge in [0, 0.05) is 26.1 Å². The van der Waals surface area contributed by atoms with Crippen molar-refractivity contribution in [1.29, 1.82) is 0 Å². The van der Waals surface area contributed by atoms with E-state index in [4.69, 9.17) is 0 Å². The van der Waals surface area contributed by atoms with Crippen molar-refractivity contribution in [2.24, 2.45) is 5.92 Å². The fourth-order valence-corrected chi connectivity index (χ4v) is 2.56. The summed E-state index contributed by atoms with van der Waals surface area (Å²) in [4.78, 5) is 36.0. The third-order valence-corrected chi connectivity index (χ3v) is 3.84. The molecule has 120 valence electrons. The lowest BCUT2D eigenvalue weighted by molar-refractivity contribution is -0.144. The second-order valence-corrected chi connectivity index (χ2v) is 5.28. The van der Waals surface area contributed by atoms with Crippen LogP contribution in [0.15, 0.2) is 0 Å². The highest BCUT2D eigenvalue weighted by Crippen LogP contribution is 2.25. The maximum atomic E-state index is 12.1. The number of hydrogen-bond donors (Lipinski definition) is 3. The maximum Gasteiger partial charge on any atom is 0.326 e. The van der Waals surface area contributed by atoms with Gasteiger partial charge in [-0.05, 0) is 25.7 Å². The molecule has 2 unspecified atom stereocenters. The number of carboxylic acid groups (broad SMARTS) is 1. The number of carbonyl (C=O) groups excluding carboxylic acids is 2. The smallest absolute Gasteiger partial charge is 0.326 e. The third-order valence-electron chi connectivity index (χ3n) is 3.84. The summed E-state index contributed by atoms with van der Waals surface area (Å²) < 4.78 is 0. The Balaban J connectivity index is 2.47. The van der Waals surface area contributed by atoms with Crippen LogP contribution in [0.2, 0.25) is 0 Å². The first-order valence-corrected chi connectivity index (χ1v) is 7.53. The molecule has 1 aliphatic heterocycles. The Labute approximate surface area is 125 Å². The van der Waals surface area contributed by atoms with Gasteiger partial charge in [0.2, 0.25) is 5.91 Å². The summed E-state index contributed by atoms with van der Waals surface area (Å²) >= 11 is 0. The normalized spacial score (nSPS) is 21.7. The SMILES string of the molecule is CCNC(=O)CCNC(=O)N1CCC(CC)CC1C(=O)O. The Kier molecular flexibility index (Phi) is 6.98. The number of aliphatic carboxylic acids is 1. The van der Waals surface area contributed by atoms with E-state index < -0.39 is 18.0 Å². The number of urea groups is 1. The molecule has 0 aromatic rings. The topological polar surface area (TPSA) is 98.7 Å². The van der Waals surface area contributed by atoms with Crippen LogP contribution in [0.4, 0.5) is 4.79 Å². The minimum Gasteiger partial charge on any atom is -0.480 e. The molecule has 1 saturated heterocycles. The molecule has 7 heteroatoms. The lowest BCUT2D eigenvalue weighted by Crippen LogP contribution is -2.53. The van der Waals surface area contributed by atoms with E-state index >= 15 is 0 Å². The third kappa shape index (κ3) is 5.24. The molecule has 1 rings (SSSR count). The number of carboxylic acids is 1. The average Bonchev–Trinajstić information content (AvgIpc) is 2.46. The zero-order valence-electron chi connectivity index (χ0n) is 12.7. The second kappa shape index (κ2) is 8.49. The van der Waals surface area contributed by atoms with E-state index in [9.17, 15) is 19.5 Å². The molecule has 0 aliphatic carbocycles. The highest BCUT2D eigenvalue weighted by Gasteiger charge is 2.35. The molecular formula is C14H25N3O4. The van der Waals surface area contributed by atoms with Gasteiger partial charge in [-0.25, -0.2) is 9.59 Å². The van der Waals surface area contributed by atoms with Gasteiger partial charge in [0.15, 0.2) is 0 Å². The van der Waals surface area contributed by atoms with Crippen LogP contribution in [-0.2, 0) is 9.59 Å². The standard InChI is InChI=1S/C14H25N3O4/c1-3-10-6-8-17(11(9-10)13(19)20)14(21)16-7-5-12(18)15-4-2/h10-11H,3-9H2,1-2H3,(H,15,18)(H,16,21)(H,19,20). The Morgan fingerprint density at radius 2 is 1.95 bits per heavy atom. The van der Waals surface area contributed by atoms with Gasteiger partial charge in [-0.1, -0.05) is 13.3 Å². The van der Waals surface area contributed by atoms with Crippen molar-refractivity contribution in [2.75, 3.05) is 19.6 Å². The van der Waals surface area contributed by atoms with Crippen LogP contribution in [0.5, 0.6) is 0 Å². The first-order valence-electron chi connectivity index (χ1n) is 7.53. The van der Waals surface area contributed by atoms with Crippen molar-refractivity contribution in [3.63, 3.8) is 0 Å². The molecule has 3 N–H and O–H groups in total. The summed E-state index contributed by atoms with van der Waals surface area (Å²) in [6.45, 7) is 5.07. The van der Waals surface area contributed by atoms with E-state index in [-0.39, 0.29) is 18.9 Å². The number of amides is 3. The van der Waals surface area contributed by atoms with E-state index in [1.807, 2.05) is 13.8 Å². The number of piperidine rings is 1. The summed E-state index contributed by atoms with van der Waals surface area (Å²) in [6, 6.07) is -1.17. The number of hydrogen-bond acceptors (Lipinski definition) is 3. The summed E-state index contributed by atoms with van der Waals surface area (Å²) in [5, 5.41) is 14.5. The van der Waals surface area contributed by atoms with Crippen molar-refractivity contribution in [1.82, 2.24) is 15.5 Å². The molecule has 2 atom stereocenters. The molecule has 0 radical (unpaired) electrons. The number of carbonyl (C=O) groups is 3. The van der Waals surface area contributed by atoms with Crippen molar-refractivity contribution < 1.29 is 19.5 Å². The molecule has 0 saturated carbocycles. The molecule has 3 amide bonds. The van der Waals surface area contributed by atoms with Crippen LogP contribution in [0.3, 0.4) is 0 Å². The molecule has 1 aliphatic rings. The van der Waals surface area contributed by atoms with Crippen LogP contribution in [-0.4, -0.2) is 53.6 Å². The minimum atomic E-state index is -0.966. The van der Waals surface area contributed by atoms with Crippen molar-refractivity contribution in [3.05, 3.63) is 0 Å². The lowest BCUT2D eigenvalue weighted by atomic mass is 9.89. The fraction of sp³-hybridized carbons (Fsp3) is 0.786. The number of rotatable bonds is 6. The van der Waals surface area contributed by atoms with Gasteiger partial charge >= 0.3 is 12.0 Å². The van der Waals surface area contributed by atoms with Gasteiger partial charge in [-0.3, -0.25) is 4.79 Å². The van der Waals surface area contributed by atoms with Gasteiger partial charge in [0.1, 0.15) is 6.04 Å². The molecule has 0 spiro atoms. The predicted molar refractivity (Wildman–Crippen MR) is 77.8 cm³/mol. The summed E-state index contributed by atoms with van der Waals surface area (Å²) in [6.07, 6.45) is 2.44.